The standard InChI is InChI=1S/C11H13NO/c1-8-5-9(7-12-6-8)10(13)11(2)3-4-11/h5-7H,3-4H2,1-2H3. The van der Waals surface area contributed by atoms with Crippen LogP contribution in [-0.4, -0.2) is 10.8 Å². The molecule has 13 heavy (non-hydrogen) atoms. The quantitative estimate of drug-likeness (QED) is 0.646. The van der Waals surface area contributed by atoms with Crippen molar-refractivity contribution < 1.29 is 4.79 Å². The predicted octanol–water partition coefficient (Wildman–Crippen LogP) is 2.37. The number of hydrogen-bond acceptors (Lipinski definition) is 2. The molecule has 0 N–H and O–H groups in total. The first-order chi connectivity index (χ1) is 6.12. The summed E-state index contributed by atoms with van der Waals surface area (Å²) < 4.78 is 0. The number of pyridine rings is 1. The lowest BCUT2D eigenvalue weighted by molar-refractivity contribution is 0.0912. The van der Waals surface area contributed by atoms with Crippen LogP contribution in [0.1, 0.15) is 35.7 Å². The highest BCUT2D eigenvalue weighted by Crippen LogP contribution is 2.47. The maximum absolute atomic E-state index is 11.8. The van der Waals surface area contributed by atoms with Gasteiger partial charge in [-0.1, -0.05) is 6.92 Å². The molecule has 0 radical (unpaired) electrons. The summed E-state index contributed by atoms with van der Waals surface area (Å²) in [5.74, 6) is 0.253. The van der Waals surface area contributed by atoms with Crippen molar-refractivity contribution in [3.8, 4) is 0 Å². The first-order valence-corrected chi connectivity index (χ1v) is 4.58. The van der Waals surface area contributed by atoms with E-state index in [1.807, 2.05) is 19.9 Å². The van der Waals surface area contributed by atoms with Crippen LogP contribution in [-0.2, 0) is 0 Å². The average Bonchev–Trinajstić information content (AvgIpc) is 2.84. The van der Waals surface area contributed by atoms with Gasteiger partial charge in [-0.15, -0.1) is 0 Å². The molecule has 68 valence electrons. The van der Waals surface area contributed by atoms with Gasteiger partial charge < -0.3 is 0 Å². The molecular weight excluding hydrogens is 162 g/mol. The van der Waals surface area contributed by atoms with Gasteiger partial charge >= 0.3 is 0 Å². The molecule has 1 aliphatic rings. The molecule has 1 heterocycles. The molecule has 1 aromatic heterocycles. The second kappa shape index (κ2) is 2.66. The Hall–Kier alpha value is -1.18. The molecule has 0 saturated heterocycles. The molecule has 0 aromatic carbocycles. The Morgan fingerprint density at radius 3 is 2.69 bits per heavy atom. The first-order valence-electron chi connectivity index (χ1n) is 4.58. The lowest BCUT2D eigenvalue weighted by Gasteiger charge is -2.06. The number of nitrogens with zero attached hydrogens (tertiary/aromatic N) is 1. The Morgan fingerprint density at radius 2 is 2.15 bits per heavy atom. The van der Waals surface area contributed by atoms with Crippen molar-refractivity contribution in [3.05, 3.63) is 29.6 Å². The normalized spacial score (nSPS) is 18.3. The van der Waals surface area contributed by atoms with Crippen LogP contribution in [0.15, 0.2) is 18.5 Å². The van der Waals surface area contributed by atoms with Gasteiger partial charge in [-0.3, -0.25) is 9.78 Å². The highest BCUT2D eigenvalue weighted by molar-refractivity contribution is 6.01. The minimum atomic E-state index is -0.0739. The largest absolute Gasteiger partial charge is 0.294 e. The van der Waals surface area contributed by atoms with Crippen LogP contribution < -0.4 is 0 Å². The van der Waals surface area contributed by atoms with E-state index in [-0.39, 0.29) is 11.2 Å². The summed E-state index contributed by atoms with van der Waals surface area (Å²) in [6, 6.07) is 1.92. The SMILES string of the molecule is Cc1cncc(C(=O)C2(C)CC2)c1. The predicted molar refractivity (Wildman–Crippen MR) is 50.6 cm³/mol. The van der Waals surface area contributed by atoms with Crippen LogP contribution in [0.3, 0.4) is 0 Å². The van der Waals surface area contributed by atoms with E-state index in [0.29, 0.717) is 0 Å². The molecule has 0 unspecified atom stereocenters. The molecule has 0 atom stereocenters. The average molecular weight is 175 g/mol. The van der Waals surface area contributed by atoms with E-state index in [1.54, 1.807) is 12.4 Å². The topological polar surface area (TPSA) is 30.0 Å². The fraction of sp³-hybridized carbons (Fsp3) is 0.455. The Balaban J connectivity index is 2.30. The zero-order valence-corrected chi connectivity index (χ0v) is 8.00. The van der Waals surface area contributed by atoms with Crippen LogP contribution in [0.5, 0.6) is 0 Å². The molecule has 0 spiro atoms. The smallest absolute Gasteiger partial charge is 0.170 e. The van der Waals surface area contributed by atoms with Crippen molar-refractivity contribution in [3.63, 3.8) is 0 Å². The monoisotopic (exact) mass is 175 g/mol. The molecule has 2 heteroatoms. The highest BCUT2D eigenvalue weighted by atomic mass is 16.1. The minimum absolute atomic E-state index is 0.0739. The van der Waals surface area contributed by atoms with Gasteiger partial charge in [0.2, 0.25) is 0 Å². The summed E-state index contributed by atoms with van der Waals surface area (Å²) in [4.78, 5) is 15.9. The third-order valence-corrected chi connectivity index (χ3v) is 2.69. The van der Waals surface area contributed by atoms with Gasteiger partial charge in [0.15, 0.2) is 5.78 Å². The number of hydrogen-bond donors (Lipinski definition) is 0. The van der Waals surface area contributed by atoms with Crippen molar-refractivity contribution in [2.45, 2.75) is 26.7 Å². The van der Waals surface area contributed by atoms with E-state index in [1.165, 1.54) is 0 Å². The molecule has 1 saturated carbocycles. The molecule has 2 nitrogen and oxygen atoms in total. The number of aromatic nitrogens is 1. The van der Waals surface area contributed by atoms with Crippen molar-refractivity contribution in [2.75, 3.05) is 0 Å². The minimum Gasteiger partial charge on any atom is -0.294 e. The number of Topliss-reactive ketones (excluding diaryl/α,β-unsaturated/α-hetero) is 1. The molecular formula is C11H13NO. The Bertz CT molecular complexity index is 353. The van der Waals surface area contributed by atoms with Crippen LogP contribution >= 0.6 is 0 Å². The van der Waals surface area contributed by atoms with Crippen LogP contribution in [0.2, 0.25) is 0 Å². The van der Waals surface area contributed by atoms with Gasteiger partial charge in [0.1, 0.15) is 0 Å². The lowest BCUT2D eigenvalue weighted by Crippen LogP contribution is -2.12. The van der Waals surface area contributed by atoms with E-state index in [2.05, 4.69) is 4.98 Å². The molecule has 1 aliphatic carbocycles. The molecule has 1 aromatic rings. The van der Waals surface area contributed by atoms with E-state index in [0.717, 1.165) is 24.0 Å². The Kier molecular flexibility index (Phi) is 1.72. The summed E-state index contributed by atoms with van der Waals surface area (Å²) in [6.07, 6.45) is 5.49. The molecule has 0 aliphatic heterocycles. The van der Waals surface area contributed by atoms with Gasteiger partial charge in [-0.25, -0.2) is 0 Å². The van der Waals surface area contributed by atoms with Crippen molar-refractivity contribution >= 4 is 5.78 Å². The third kappa shape index (κ3) is 1.48. The Morgan fingerprint density at radius 1 is 1.46 bits per heavy atom. The second-order valence-electron chi connectivity index (χ2n) is 4.14. The summed E-state index contributed by atoms with van der Waals surface area (Å²) in [5, 5.41) is 0. The fourth-order valence-electron chi connectivity index (χ4n) is 1.44. The zero-order valence-electron chi connectivity index (χ0n) is 8.00. The molecule has 2 rings (SSSR count). The van der Waals surface area contributed by atoms with E-state index in [9.17, 15) is 4.79 Å². The zero-order chi connectivity index (χ0) is 9.47. The van der Waals surface area contributed by atoms with Crippen LogP contribution in [0, 0.1) is 12.3 Å². The van der Waals surface area contributed by atoms with Crippen molar-refractivity contribution in [1.82, 2.24) is 4.98 Å². The fourth-order valence-corrected chi connectivity index (χ4v) is 1.44. The van der Waals surface area contributed by atoms with E-state index in [4.69, 9.17) is 0 Å². The summed E-state index contributed by atoms with van der Waals surface area (Å²) in [7, 11) is 0. The van der Waals surface area contributed by atoms with Crippen LogP contribution in [0.25, 0.3) is 0 Å². The first kappa shape index (κ1) is 8.42. The lowest BCUT2D eigenvalue weighted by atomic mass is 9.97. The van der Waals surface area contributed by atoms with Gasteiger partial charge in [-0.05, 0) is 31.4 Å². The summed E-state index contributed by atoms with van der Waals surface area (Å²) >= 11 is 0. The summed E-state index contributed by atoms with van der Waals surface area (Å²) in [5.41, 5.74) is 1.74. The van der Waals surface area contributed by atoms with E-state index < -0.39 is 0 Å². The van der Waals surface area contributed by atoms with Gasteiger partial charge in [0.05, 0.1) is 0 Å². The number of carbonyl (C=O) groups is 1. The van der Waals surface area contributed by atoms with Gasteiger partial charge in [0, 0.05) is 23.4 Å². The number of rotatable bonds is 2. The van der Waals surface area contributed by atoms with Gasteiger partial charge in [0.25, 0.3) is 0 Å². The number of aryl methyl sites for hydroxylation is 1. The maximum atomic E-state index is 11.8. The van der Waals surface area contributed by atoms with Gasteiger partial charge in [-0.2, -0.15) is 0 Å². The number of carbonyl (C=O) groups excluding carboxylic acids is 1. The molecule has 0 bridgehead atoms. The van der Waals surface area contributed by atoms with Crippen LogP contribution in [0.4, 0.5) is 0 Å². The Labute approximate surface area is 78.0 Å². The highest BCUT2D eigenvalue weighted by Gasteiger charge is 2.44. The third-order valence-electron chi connectivity index (χ3n) is 2.69. The maximum Gasteiger partial charge on any atom is 0.170 e. The molecule has 0 amide bonds. The second-order valence-corrected chi connectivity index (χ2v) is 4.14. The molecule has 1 fully saturated rings. The van der Waals surface area contributed by atoms with Crippen molar-refractivity contribution in [2.24, 2.45) is 5.41 Å². The van der Waals surface area contributed by atoms with Crippen molar-refractivity contribution in [1.29, 1.82) is 0 Å². The van der Waals surface area contributed by atoms with E-state index >= 15 is 0 Å². The number of ketones is 1. The summed E-state index contributed by atoms with van der Waals surface area (Å²) in [6.45, 7) is 3.98.